The number of fused-ring (bicyclic) bond motifs is 1. The fourth-order valence-corrected chi connectivity index (χ4v) is 4.21. The quantitative estimate of drug-likeness (QED) is 0.595. The minimum Gasteiger partial charge on any atom is -0.494 e. The van der Waals surface area contributed by atoms with Gasteiger partial charge in [-0.1, -0.05) is 12.1 Å². The van der Waals surface area contributed by atoms with Gasteiger partial charge in [0.25, 0.3) is 0 Å². The van der Waals surface area contributed by atoms with E-state index >= 15 is 0 Å². The average molecular weight is 389 g/mol. The van der Waals surface area contributed by atoms with Crippen LogP contribution in [-0.2, 0) is 17.8 Å². The van der Waals surface area contributed by atoms with Crippen LogP contribution in [0.3, 0.4) is 0 Å². The summed E-state index contributed by atoms with van der Waals surface area (Å²) in [5, 5.41) is 0. The number of carbonyl (C=O) groups excluding carboxylic acids is 1. The molecule has 5 heteroatoms. The van der Waals surface area contributed by atoms with E-state index in [0.29, 0.717) is 13.0 Å². The molecule has 0 atom stereocenters. The van der Waals surface area contributed by atoms with Gasteiger partial charge in [-0.2, -0.15) is 0 Å². The molecule has 1 aliphatic carbocycles. The Balaban J connectivity index is 1.48. The molecule has 0 unspecified atom stereocenters. The summed E-state index contributed by atoms with van der Waals surface area (Å²) >= 11 is 0. The Morgan fingerprint density at radius 2 is 1.97 bits per heavy atom. The maximum atomic E-state index is 12.1. The van der Waals surface area contributed by atoms with Crippen molar-refractivity contribution in [1.82, 2.24) is 9.55 Å². The molecule has 0 radical (unpaired) electrons. The molecule has 2 aliphatic rings. The smallest absolute Gasteiger partial charge is 0.227 e. The average Bonchev–Trinajstić information content (AvgIpc) is 3.35. The molecule has 1 aromatic heterocycles. The molecule has 0 N–H and O–H groups in total. The highest BCUT2D eigenvalue weighted by atomic mass is 16.5. The van der Waals surface area contributed by atoms with E-state index in [1.165, 1.54) is 23.9 Å². The van der Waals surface area contributed by atoms with Gasteiger partial charge in [-0.3, -0.25) is 4.79 Å². The molecule has 5 rings (SSSR count). The van der Waals surface area contributed by atoms with Gasteiger partial charge in [-0.05, 0) is 68.0 Å². The van der Waals surface area contributed by atoms with E-state index in [1.54, 1.807) is 0 Å². The Bertz CT molecular complexity index is 1030. The summed E-state index contributed by atoms with van der Waals surface area (Å²) in [5.74, 6) is 2.99. The molecule has 2 fully saturated rings. The highest BCUT2D eigenvalue weighted by Gasteiger charge is 2.26. The molecule has 0 spiro atoms. The third kappa shape index (κ3) is 3.74. The number of benzene rings is 2. The van der Waals surface area contributed by atoms with Gasteiger partial charge < -0.3 is 14.2 Å². The second-order valence-electron chi connectivity index (χ2n) is 8.16. The molecule has 1 amide bonds. The van der Waals surface area contributed by atoms with Crippen LogP contribution in [0.15, 0.2) is 42.5 Å². The molecule has 5 nitrogen and oxygen atoms in total. The molecule has 29 heavy (non-hydrogen) atoms. The molecule has 1 saturated heterocycles. The zero-order valence-electron chi connectivity index (χ0n) is 16.9. The predicted molar refractivity (Wildman–Crippen MR) is 114 cm³/mol. The van der Waals surface area contributed by atoms with Gasteiger partial charge in [0.1, 0.15) is 11.6 Å². The van der Waals surface area contributed by atoms with Crippen LogP contribution >= 0.6 is 0 Å². The zero-order chi connectivity index (χ0) is 19.8. The first-order valence-electron chi connectivity index (χ1n) is 10.7. The van der Waals surface area contributed by atoms with Crippen LogP contribution in [0.1, 0.15) is 44.0 Å². The fraction of sp³-hybridized carbons (Fsp3) is 0.417. The highest BCUT2D eigenvalue weighted by Crippen LogP contribution is 2.34. The lowest BCUT2D eigenvalue weighted by molar-refractivity contribution is -0.117. The molecular formula is C24H27N3O2. The van der Waals surface area contributed by atoms with Crippen molar-refractivity contribution < 1.29 is 9.53 Å². The number of carbonyl (C=O) groups is 1. The van der Waals surface area contributed by atoms with Gasteiger partial charge in [0, 0.05) is 31.6 Å². The van der Waals surface area contributed by atoms with Gasteiger partial charge in [0.2, 0.25) is 5.91 Å². The third-order valence-corrected chi connectivity index (χ3v) is 5.93. The van der Waals surface area contributed by atoms with E-state index in [9.17, 15) is 4.79 Å². The number of ether oxygens (including phenoxy) is 1. The van der Waals surface area contributed by atoms with Gasteiger partial charge >= 0.3 is 0 Å². The van der Waals surface area contributed by atoms with Crippen molar-refractivity contribution in [1.29, 1.82) is 0 Å². The number of aromatic nitrogens is 2. The van der Waals surface area contributed by atoms with E-state index in [1.807, 2.05) is 24.0 Å². The lowest BCUT2D eigenvalue weighted by Gasteiger charge is -2.15. The fourth-order valence-electron chi connectivity index (χ4n) is 4.21. The summed E-state index contributed by atoms with van der Waals surface area (Å²) in [6.07, 6.45) is 5.00. The Morgan fingerprint density at radius 1 is 1.14 bits per heavy atom. The Morgan fingerprint density at radius 3 is 2.66 bits per heavy atom. The number of hydrogen-bond acceptors (Lipinski definition) is 3. The number of nitrogens with zero attached hydrogens (tertiary/aromatic N) is 3. The summed E-state index contributed by atoms with van der Waals surface area (Å²) in [4.78, 5) is 19.0. The minimum absolute atomic E-state index is 0.219. The monoisotopic (exact) mass is 389 g/mol. The van der Waals surface area contributed by atoms with E-state index in [0.717, 1.165) is 54.6 Å². The van der Waals surface area contributed by atoms with Crippen LogP contribution in [0.2, 0.25) is 0 Å². The van der Waals surface area contributed by atoms with Crippen LogP contribution in [0, 0.1) is 5.92 Å². The number of anilines is 1. The van der Waals surface area contributed by atoms with Crippen molar-refractivity contribution in [2.75, 3.05) is 18.1 Å². The molecule has 1 aliphatic heterocycles. The van der Waals surface area contributed by atoms with Gasteiger partial charge in [-0.25, -0.2) is 4.98 Å². The first-order valence-corrected chi connectivity index (χ1v) is 10.7. The zero-order valence-corrected chi connectivity index (χ0v) is 16.9. The molecule has 3 aromatic rings. The normalized spacial score (nSPS) is 16.7. The largest absolute Gasteiger partial charge is 0.494 e. The highest BCUT2D eigenvalue weighted by molar-refractivity contribution is 5.97. The van der Waals surface area contributed by atoms with Gasteiger partial charge in [-0.15, -0.1) is 0 Å². The number of hydrogen-bond donors (Lipinski definition) is 0. The number of rotatable bonds is 7. The van der Waals surface area contributed by atoms with Crippen molar-refractivity contribution in [3.05, 3.63) is 53.9 Å². The molecule has 2 aromatic carbocycles. The summed E-state index contributed by atoms with van der Waals surface area (Å²) in [6.45, 7) is 4.52. The van der Waals surface area contributed by atoms with Gasteiger partial charge in [0.05, 0.1) is 17.6 Å². The summed E-state index contributed by atoms with van der Waals surface area (Å²) in [5.41, 5.74) is 4.37. The Labute approximate surface area is 171 Å². The minimum atomic E-state index is 0.219. The van der Waals surface area contributed by atoms with E-state index in [2.05, 4.69) is 34.9 Å². The number of imidazole rings is 1. The van der Waals surface area contributed by atoms with Crippen LogP contribution in [-0.4, -0.2) is 28.6 Å². The Hall–Kier alpha value is -2.82. The lowest BCUT2D eigenvalue weighted by Crippen LogP contribution is -2.23. The predicted octanol–water partition coefficient (Wildman–Crippen LogP) is 4.56. The summed E-state index contributed by atoms with van der Waals surface area (Å²) in [6, 6.07) is 14.6. The number of amides is 1. The van der Waals surface area contributed by atoms with Crippen LogP contribution in [0.4, 0.5) is 5.69 Å². The van der Waals surface area contributed by atoms with Crippen LogP contribution in [0.25, 0.3) is 11.0 Å². The maximum Gasteiger partial charge on any atom is 0.227 e. The lowest BCUT2D eigenvalue weighted by atomic mass is 10.1. The van der Waals surface area contributed by atoms with Crippen molar-refractivity contribution in [3.8, 4) is 5.75 Å². The Kier molecular flexibility index (Phi) is 4.74. The van der Waals surface area contributed by atoms with Crippen molar-refractivity contribution in [3.63, 3.8) is 0 Å². The van der Waals surface area contributed by atoms with E-state index < -0.39 is 0 Å². The SMILES string of the molecule is CCOc1ccc(Cc2nc3cc(N4CCCC4=O)ccc3n2CC2CC2)cc1. The van der Waals surface area contributed by atoms with Crippen LogP contribution < -0.4 is 9.64 Å². The van der Waals surface area contributed by atoms with Crippen molar-refractivity contribution in [2.24, 2.45) is 5.92 Å². The third-order valence-electron chi connectivity index (χ3n) is 5.93. The maximum absolute atomic E-state index is 12.1. The summed E-state index contributed by atoms with van der Waals surface area (Å²) < 4.78 is 7.95. The van der Waals surface area contributed by atoms with Crippen molar-refractivity contribution in [2.45, 2.75) is 45.6 Å². The molecular weight excluding hydrogens is 362 g/mol. The van der Waals surface area contributed by atoms with Gasteiger partial charge in [0.15, 0.2) is 0 Å². The standard InChI is InChI=1S/C24H27N3O2/c1-2-29-20-10-7-17(8-11-20)14-23-25-21-15-19(26-13-3-4-24(26)28)9-12-22(21)27(23)16-18-5-6-18/h7-12,15,18H,2-6,13-14,16H2,1H3. The molecule has 2 heterocycles. The van der Waals surface area contributed by atoms with Crippen LogP contribution in [0.5, 0.6) is 5.75 Å². The first kappa shape index (κ1) is 18.2. The van der Waals surface area contributed by atoms with E-state index in [4.69, 9.17) is 9.72 Å². The van der Waals surface area contributed by atoms with E-state index in [-0.39, 0.29) is 5.91 Å². The molecule has 0 bridgehead atoms. The first-order chi connectivity index (χ1) is 14.2. The summed E-state index contributed by atoms with van der Waals surface area (Å²) in [7, 11) is 0. The molecule has 1 saturated carbocycles. The second-order valence-corrected chi connectivity index (χ2v) is 8.16. The second kappa shape index (κ2) is 7.54. The topological polar surface area (TPSA) is 47.4 Å². The molecule has 150 valence electrons. The van der Waals surface area contributed by atoms with Crippen molar-refractivity contribution >= 4 is 22.6 Å².